The van der Waals surface area contributed by atoms with Crippen LogP contribution in [0.1, 0.15) is 24.0 Å². The fourth-order valence-corrected chi connectivity index (χ4v) is 2.66. The van der Waals surface area contributed by atoms with Crippen molar-refractivity contribution < 1.29 is 10.6 Å². The van der Waals surface area contributed by atoms with Gasteiger partial charge in [-0.25, -0.2) is 0 Å². The van der Waals surface area contributed by atoms with Crippen molar-refractivity contribution in [3.63, 3.8) is 0 Å². The molecule has 16 heavy (non-hydrogen) atoms. The van der Waals surface area contributed by atoms with Gasteiger partial charge in [0.15, 0.2) is 0 Å². The fraction of sp³-hybridized carbons (Fsp3) is 0.571. The van der Waals surface area contributed by atoms with Gasteiger partial charge in [-0.1, -0.05) is 29.8 Å². The molecule has 1 saturated heterocycles. The number of aryl methyl sites for hydroxylation is 1. The van der Waals surface area contributed by atoms with E-state index >= 15 is 0 Å². The predicted octanol–water partition coefficient (Wildman–Crippen LogP) is 0.0318. The Morgan fingerprint density at radius 2 is 2.06 bits per heavy atom. The first-order valence-corrected chi connectivity index (χ1v) is 6.46. The van der Waals surface area contributed by atoms with Crippen molar-refractivity contribution in [2.24, 2.45) is 5.92 Å². The fourth-order valence-electron chi connectivity index (χ4n) is 2.66. The third kappa shape index (κ3) is 3.06. The van der Waals surface area contributed by atoms with E-state index in [1.165, 1.54) is 43.6 Å². The van der Waals surface area contributed by atoms with Crippen LogP contribution in [0.3, 0.4) is 0 Å². The monoisotopic (exact) mass is 220 g/mol. The van der Waals surface area contributed by atoms with E-state index in [9.17, 15) is 0 Å². The van der Waals surface area contributed by atoms with Gasteiger partial charge in [0.2, 0.25) is 0 Å². The summed E-state index contributed by atoms with van der Waals surface area (Å²) < 4.78 is 0. The number of piperidine rings is 1. The maximum Gasteiger partial charge on any atom is 0.103 e. The number of benzene rings is 1. The molecule has 0 amide bonds. The zero-order valence-electron chi connectivity index (χ0n) is 10.3. The molecule has 1 aliphatic heterocycles. The highest BCUT2D eigenvalue weighted by Crippen LogP contribution is 2.07. The number of hydrogen-bond donors (Lipinski definition) is 2. The van der Waals surface area contributed by atoms with Gasteiger partial charge in [0.25, 0.3) is 0 Å². The number of hydrogen-bond acceptors (Lipinski definition) is 0. The minimum absolute atomic E-state index is 0.890. The van der Waals surface area contributed by atoms with Gasteiger partial charge in [-0.2, -0.15) is 0 Å². The number of likely N-dealkylation sites (tertiary alicyclic amines) is 1. The quantitative estimate of drug-likeness (QED) is 0.720. The number of rotatable bonds is 3. The summed E-state index contributed by atoms with van der Waals surface area (Å²) in [5.74, 6) is 0.890. The van der Waals surface area contributed by atoms with Crippen LogP contribution in [-0.2, 0) is 6.54 Å². The second-order valence-electron chi connectivity index (χ2n) is 5.15. The second-order valence-corrected chi connectivity index (χ2v) is 5.15. The van der Waals surface area contributed by atoms with Crippen LogP contribution >= 0.6 is 0 Å². The summed E-state index contributed by atoms with van der Waals surface area (Å²) in [6, 6.07) is 8.93. The molecule has 0 aromatic heterocycles. The van der Waals surface area contributed by atoms with Gasteiger partial charge in [0.05, 0.1) is 19.6 Å². The third-order valence-corrected chi connectivity index (χ3v) is 3.76. The van der Waals surface area contributed by atoms with Crippen LogP contribution in [0.25, 0.3) is 0 Å². The van der Waals surface area contributed by atoms with Crippen LogP contribution in [0.4, 0.5) is 0 Å². The first-order chi connectivity index (χ1) is 7.78. The minimum Gasteiger partial charge on any atom is -0.357 e. The molecule has 0 unspecified atom stereocenters. The van der Waals surface area contributed by atoms with E-state index in [1.54, 1.807) is 4.90 Å². The van der Waals surface area contributed by atoms with Crippen molar-refractivity contribution in [3.8, 4) is 0 Å². The summed E-state index contributed by atoms with van der Waals surface area (Å²) in [6.45, 7) is 7.15. The van der Waals surface area contributed by atoms with E-state index in [2.05, 4.69) is 36.9 Å². The van der Waals surface area contributed by atoms with Gasteiger partial charge in [-0.15, -0.1) is 0 Å². The summed E-state index contributed by atoms with van der Waals surface area (Å²) in [6.07, 6.45) is 2.73. The Morgan fingerprint density at radius 1 is 1.31 bits per heavy atom. The van der Waals surface area contributed by atoms with Crippen LogP contribution in [0.2, 0.25) is 0 Å². The first kappa shape index (κ1) is 11.6. The van der Waals surface area contributed by atoms with Gasteiger partial charge < -0.3 is 10.6 Å². The van der Waals surface area contributed by atoms with Crippen molar-refractivity contribution in [1.82, 2.24) is 0 Å². The van der Waals surface area contributed by atoms with Gasteiger partial charge in [0.1, 0.15) is 6.54 Å². The average molecular weight is 220 g/mol. The summed E-state index contributed by atoms with van der Waals surface area (Å²) in [7, 11) is 0. The Morgan fingerprint density at radius 3 is 2.69 bits per heavy atom. The van der Waals surface area contributed by atoms with Gasteiger partial charge >= 0.3 is 0 Å². The Bertz CT molecular complexity index is 327. The Hall–Kier alpha value is -0.860. The molecule has 1 aliphatic rings. The van der Waals surface area contributed by atoms with Crippen LogP contribution in [0.5, 0.6) is 0 Å². The molecule has 0 radical (unpaired) electrons. The van der Waals surface area contributed by atoms with Gasteiger partial charge in [-0.3, -0.25) is 0 Å². The van der Waals surface area contributed by atoms with E-state index in [0.717, 1.165) is 12.5 Å². The zero-order chi connectivity index (χ0) is 11.4. The normalized spacial score (nSPS) is 25.6. The summed E-state index contributed by atoms with van der Waals surface area (Å²) >= 11 is 0. The molecule has 0 spiro atoms. The minimum atomic E-state index is 0.890. The van der Waals surface area contributed by atoms with Crippen LogP contribution in [0.15, 0.2) is 24.3 Å². The highest BCUT2D eigenvalue weighted by molar-refractivity contribution is 5.21. The van der Waals surface area contributed by atoms with Gasteiger partial charge in [0, 0.05) is 24.3 Å². The SMILES string of the molecule is Cc1cccc(C[NH+]2CCC(C[NH3+])CC2)c1. The van der Waals surface area contributed by atoms with Gasteiger partial charge in [-0.05, 0) is 6.92 Å². The van der Waals surface area contributed by atoms with E-state index in [1.807, 2.05) is 0 Å². The van der Waals surface area contributed by atoms with Crippen molar-refractivity contribution in [3.05, 3.63) is 35.4 Å². The number of quaternary nitrogens is 2. The Kier molecular flexibility index (Phi) is 3.97. The lowest BCUT2D eigenvalue weighted by Gasteiger charge is -2.27. The van der Waals surface area contributed by atoms with Crippen LogP contribution in [-0.4, -0.2) is 19.6 Å². The summed E-state index contributed by atoms with van der Waals surface area (Å²) in [5.41, 5.74) is 6.89. The number of nitrogens with one attached hydrogen (secondary N) is 1. The van der Waals surface area contributed by atoms with E-state index in [-0.39, 0.29) is 0 Å². The molecule has 2 nitrogen and oxygen atoms in total. The largest absolute Gasteiger partial charge is 0.357 e. The predicted molar refractivity (Wildman–Crippen MR) is 66.1 cm³/mol. The van der Waals surface area contributed by atoms with E-state index < -0.39 is 0 Å². The van der Waals surface area contributed by atoms with Crippen molar-refractivity contribution in [2.45, 2.75) is 26.3 Å². The van der Waals surface area contributed by atoms with Crippen molar-refractivity contribution in [1.29, 1.82) is 0 Å². The molecule has 1 fully saturated rings. The van der Waals surface area contributed by atoms with Crippen LogP contribution in [0, 0.1) is 12.8 Å². The molecular weight excluding hydrogens is 196 g/mol. The smallest absolute Gasteiger partial charge is 0.103 e. The Balaban J connectivity index is 1.87. The van der Waals surface area contributed by atoms with Crippen LogP contribution < -0.4 is 10.6 Å². The molecule has 0 bridgehead atoms. The molecule has 0 saturated carbocycles. The molecule has 2 heteroatoms. The molecule has 1 aromatic carbocycles. The molecule has 88 valence electrons. The highest BCUT2D eigenvalue weighted by atomic mass is 15.1. The second kappa shape index (κ2) is 5.46. The standard InChI is InChI=1S/C14H22N2/c1-12-3-2-4-14(9-12)11-16-7-5-13(10-15)6-8-16/h2-4,9,13H,5-8,10-11,15H2,1H3/p+2. The summed E-state index contributed by atoms with van der Waals surface area (Å²) in [5, 5.41) is 0. The van der Waals surface area contributed by atoms with Crippen molar-refractivity contribution >= 4 is 0 Å². The lowest BCUT2D eigenvalue weighted by Crippen LogP contribution is -3.11. The molecular formula is C14H24N2+2. The molecule has 1 heterocycles. The summed E-state index contributed by atoms with van der Waals surface area (Å²) in [4.78, 5) is 1.75. The molecule has 4 N–H and O–H groups in total. The Labute approximate surface area is 98.4 Å². The van der Waals surface area contributed by atoms with Crippen molar-refractivity contribution in [2.75, 3.05) is 19.6 Å². The van der Waals surface area contributed by atoms with E-state index in [4.69, 9.17) is 0 Å². The maximum absolute atomic E-state index is 4.02. The third-order valence-electron chi connectivity index (χ3n) is 3.76. The molecule has 2 rings (SSSR count). The van der Waals surface area contributed by atoms with E-state index in [0.29, 0.717) is 0 Å². The highest BCUT2D eigenvalue weighted by Gasteiger charge is 2.21. The average Bonchev–Trinajstić information content (AvgIpc) is 2.30. The maximum atomic E-state index is 4.02. The first-order valence-electron chi connectivity index (χ1n) is 6.46. The molecule has 0 atom stereocenters. The lowest BCUT2D eigenvalue weighted by atomic mass is 9.97. The zero-order valence-corrected chi connectivity index (χ0v) is 10.3. The lowest BCUT2D eigenvalue weighted by molar-refractivity contribution is -0.920. The topological polar surface area (TPSA) is 32.1 Å². The molecule has 1 aromatic rings. The molecule has 0 aliphatic carbocycles.